The second-order valence-corrected chi connectivity index (χ2v) is 7.13. The number of fused-ring (bicyclic) bond motifs is 1. The zero-order valence-electron chi connectivity index (χ0n) is 10.4. The molecule has 8 heteroatoms. The van der Waals surface area contributed by atoms with E-state index in [1.165, 1.54) is 10.9 Å². The molecular formula is C12H10ClN3O2S2. The largest absolute Gasteiger partial charge is 0.324 e. The van der Waals surface area contributed by atoms with Crippen molar-refractivity contribution in [1.29, 1.82) is 0 Å². The van der Waals surface area contributed by atoms with Gasteiger partial charge in [0.25, 0.3) is 10.0 Å². The molecule has 3 aromatic rings. The lowest BCUT2D eigenvalue weighted by molar-refractivity contribution is 0.598. The van der Waals surface area contributed by atoms with Crippen LogP contribution in [0.5, 0.6) is 0 Å². The van der Waals surface area contributed by atoms with Gasteiger partial charge in [-0.3, -0.25) is 4.72 Å². The Labute approximate surface area is 124 Å². The summed E-state index contributed by atoms with van der Waals surface area (Å²) in [4.78, 5) is 3.82. The number of hydrogen-bond donors (Lipinski definition) is 1. The molecule has 5 nitrogen and oxygen atoms in total. The highest BCUT2D eigenvalue weighted by Crippen LogP contribution is 2.26. The van der Waals surface area contributed by atoms with Gasteiger partial charge in [0.05, 0.1) is 6.33 Å². The third-order valence-electron chi connectivity index (χ3n) is 2.79. The first-order chi connectivity index (χ1) is 9.47. The van der Waals surface area contributed by atoms with Gasteiger partial charge in [0, 0.05) is 17.4 Å². The normalized spacial score (nSPS) is 11.9. The van der Waals surface area contributed by atoms with Gasteiger partial charge in [-0.05, 0) is 35.0 Å². The van der Waals surface area contributed by atoms with Crippen molar-refractivity contribution in [3.05, 3.63) is 41.1 Å². The summed E-state index contributed by atoms with van der Waals surface area (Å²) in [6.07, 6.45) is 1.36. The molecule has 0 saturated carbocycles. The molecule has 0 aliphatic rings. The van der Waals surface area contributed by atoms with E-state index in [0.29, 0.717) is 5.69 Å². The smallest absolute Gasteiger partial charge is 0.282 e. The van der Waals surface area contributed by atoms with Crippen LogP contribution in [0.3, 0.4) is 0 Å². The van der Waals surface area contributed by atoms with Crippen molar-refractivity contribution in [2.75, 3.05) is 4.72 Å². The van der Waals surface area contributed by atoms with Gasteiger partial charge in [-0.2, -0.15) is 8.42 Å². The zero-order valence-corrected chi connectivity index (χ0v) is 12.8. The van der Waals surface area contributed by atoms with Crippen LogP contribution in [0.15, 0.2) is 41.0 Å². The predicted molar refractivity (Wildman–Crippen MR) is 80.9 cm³/mol. The molecule has 3 rings (SSSR count). The van der Waals surface area contributed by atoms with Crippen LogP contribution in [-0.4, -0.2) is 18.0 Å². The van der Waals surface area contributed by atoms with Crippen LogP contribution in [0.1, 0.15) is 0 Å². The van der Waals surface area contributed by atoms with Crippen molar-refractivity contribution in [2.24, 2.45) is 7.05 Å². The number of anilines is 1. The lowest BCUT2D eigenvalue weighted by atomic mass is 10.2. The number of imidazole rings is 1. The van der Waals surface area contributed by atoms with Gasteiger partial charge in [-0.25, -0.2) is 4.98 Å². The monoisotopic (exact) mass is 327 g/mol. The van der Waals surface area contributed by atoms with Crippen LogP contribution >= 0.6 is 22.9 Å². The fourth-order valence-corrected chi connectivity index (χ4v) is 4.06. The van der Waals surface area contributed by atoms with E-state index in [-0.39, 0.29) is 10.2 Å². The Hall–Kier alpha value is -1.57. The van der Waals surface area contributed by atoms with Crippen molar-refractivity contribution < 1.29 is 8.42 Å². The molecule has 1 aromatic carbocycles. The van der Waals surface area contributed by atoms with Gasteiger partial charge in [-0.15, -0.1) is 11.3 Å². The predicted octanol–water partition coefficient (Wildman–Crippen LogP) is 3.09. The van der Waals surface area contributed by atoms with Gasteiger partial charge < -0.3 is 4.57 Å². The topological polar surface area (TPSA) is 64.0 Å². The molecule has 0 spiro atoms. The maximum Gasteiger partial charge on any atom is 0.282 e. The quantitative estimate of drug-likeness (QED) is 0.804. The van der Waals surface area contributed by atoms with E-state index in [2.05, 4.69) is 9.71 Å². The van der Waals surface area contributed by atoms with Gasteiger partial charge >= 0.3 is 0 Å². The van der Waals surface area contributed by atoms with E-state index >= 15 is 0 Å². The first-order valence-electron chi connectivity index (χ1n) is 5.64. The number of nitrogens with zero attached hydrogens (tertiary/aromatic N) is 2. The number of rotatable bonds is 3. The average Bonchev–Trinajstić information content (AvgIpc) is 2.97. The van der Waals surface area contributed by atoms with E-state index in [1.807, 2.05) is 17.5 Å². The fraction of sp³-hybridized carbons (Fsp3) is 0.0833. The fourth-order valence-electron chi connectivity index (χ4n) is 1.81. The Bertz CT molecular complexity index is 883. The average molecular weight is 328 g/mol. The molecule has 2 aromatic heterocycles. The van der Waals surface area contributed by atoms with Gasteiger partial charge in [-0.1, -0.05) is 11.6 Å². The van der Waals surface area contributed by atoms with Crippen LogP contribution in [-0.2, 0) is 17.1 Å². The number of thiophene rings is 1. The minimum Gasteiger partial charge on any atom is -0.324 e. The van der Waals surface area contributed by atoms with E-state index in [4.69, 9.17) is 11.6 Å². The highest BCUT2D eigenvalue weighted by Gasteiger charge is 2.22. The summed E-state index contributed by atoms with van der Waals surface area (Å²) in [6, 6.07) is 7.30. The lowest BCUT2D eigenvalue weighted by Gasteiger charge is -2.06. The number of hydrogen-bond acceptors (Lipinski definition) is 4. The molecule has 0 amide bonds. The van der Waals surface area contributed by atoms with E-state index in [9.17, 15) is 8.42 Å². The highest BCUT2D eigenvalue weighted by molar-refractivity contribution is 7.92. The van der Waals surface area contributed by atoms with Gasteiger partial charge in [0.1, 0.15) is 5.15 Å². The van der Waals surface area contributed by atoms with Gasteiger partial charge in [0.2, 0.25) is 5.03 Å². The summed E-state index contributed by atoms with van der Waals surface area (Å²) in [5.74, 6) is 0. The summed E-state index contributed by atoms with van der Waals surface area (Å²) >= 11 is 7.52. The first kappa shape index (κ1) is 13.4. The molecule has 0 aliphatic heterocycles. The minimum atomic E-state index is -3.79. The molecule has 0 radical (unpaired) electrons. The van der Waals surface area contributed by atoms with E-state index < -0.39 is 10.0 Å². The summed E-state index contributed by atoms with van der Waals surface area (Å²) in [5, 5.41) is 2.85. The zero-order chi connectivity index (χ0) is 14.3. The van der Waals surface area contributed by atoms with Crippen molar-refractivity contribution in [3.8, 4) is 0 Å². The number of halogens is 1. The maximum absolute atomic E-state index is 12.2. The number of aryl methyl sites for hydroxylation is 1. The Morgan fingerprint density at radius 1 is 1.35 bits per heavy atom. The van der Waals surface area contributed by atoms with Crippen LogP contribution in [0, 0.1) is 0 Å². The van der Waals surface area contributed by atoms with E-state index in [0.717, 1.165) is 10.1 Å². The molecule has 2 heterocycles. The minimum absolute atomic E-state index is 0.0779. The third-order valence-corrected chi connectivity index (χ3v) is 5.56. The Kier molecular flexibility index (Phi) is 3.19. The van der Waals surface area contributed by atoms with Crippen LogP contribution in [0.2, 0.25) is 5.15 Å². The van der Waals surface area contributed by atoms with Crippen LogP contribution in [0.4, 0.5) is 5.69 Å². The first-order valence-corrected chi connectivity index (χ1v) is 8.38. The highest BCUT2D eigenvalue weighted by atomic mass is 35.5. The molecule has 104 valence electrons. The summed E-state index contributed by atoms with van der Waals surface area (Å²) in [5.41, 5.74) is 0.484. The Morgan fingerprint density at radius 3 is 2.85 bits per heavy atom. The van der Waals surface area contributed by atoms with Crippen molar-refractivity contribution in [3.63, 3.8) is 0 Å². The third kappa shape index (κ3) is 2.28. The number of nitrogens with one attached hydrogen (secondary N) is 1. The Morgan fingerprint density at radius 2 is 2.15 bits per heavy atom. The maximum atomic E-state index is 12.2. The van der Waals surface area contributed by atoms with Crippen molar-refractivity contribution in [1.82, 2.24) is 9.55 Å². The number of aromatic nitrogens is 2. The SMILES string of the molecule is Cn1cnc(S(=O)(=O)Nc2ccc3sccc3c2)c1Cl. The van der Waals surface area contributed by atoms with Crippen LogP contribution < -0.4 is 4.72 Å². The van der Waals surface area contributed by atoms with Crippen molar-refractivity contribution >= 4 is 48.7 Å². The second-order valence-electron chi connectivity index (χ2n) is 4.23. The summed E-state index contributed by atoms with van der Waals surface area (Å²) < 4.78 is 29.5. The Balaban J connectivity index is 1.98. The number of sulfonamides is 1. The molecule has 0 saturated heterocycles. The molecule has 0 fully saturated rings. The molecule has 0 unspecified atom stereocenters. The molecule has 0 atom stereocenters. The standard InChI is InChI=1S/C12H10ClN3O2S2/c1-16-7-14-12(11(16)13)20(17,18)15-9-2-3-10-8(6-9)4-5-19-10/h2-7,15H,1H3. The molecule has 0 bridgehead atoms. The van der Waals surface area contributed by atoms with Crippen molar-refractivity contribution in [2.45, 2.75) is 5.03 Å². The molecular weight excluding hydrogens is 318 g/mol. The summed E-state index contributed by atoms with van der Waals surface area (Å²) in [7, 11) is -2.15. The molecule has 0 aliphatic carbocycles. The molecule has 1 N–H and O–H groups in total. The van der Waals surface area contributed by atoms with Crippen LogP contribution in [0.25, 0.3) is 10.1 Å². The number of benzene rings is 1. The summed E-state index contributed by atoms with van der Waals surface area (Å²) in [6.45, 7) is 0. The van der Waals surface area contributed by atoms with Gasteiger partial charge in [0.15, 0.2) is 0 Å². The second kappa shape index (κ2) is 4.76. The van der Waals surface area contributed by atoms with E-state index in [1.54, 1.807) is 30.5 Å². The molecule has 20 heavy (non-hydrogen) atoms. The lowest BCUT2D eigenvalue weighted by Crippen LogP contribution is -2.14.